The van der Waals surface area contributed by atoms with Crippen molar-refractivity contribution >= 4 is 49.2 Å². The van der Waals surface area contributed by atoms with Gasteiger partial charge in [-0.2, -0.15) is 23.5 Å². The van der Waals surface area contributed by atoms with Gasteiger partial charge >= 0.3 is 12.1 Å². The Kier molecular flexibility index (Phi) is 8.09. The molecule has 2 fully saturated rings. The quantitative estimate of drug-likeness (QED) is 0.151. The van der Waals surface area contributed by atoms with Crippen LogP contribution in [0.1, 0.15) is 36.1 Å². The Balaban J connectivity index is 0.000000224. The fourth-order valence-corrected chi connectivity index (χ4v) is 8.87. The minimum absolute atomic E-state index is 0.307. The molecule has 2 aliphatic rings. The molecule has 11 nitrogen and oxygen atoms in total. The van der Waals surface area contributed by atoms with Crippen LogP contribution in [-0.2, 0) is 26.2 Å². The van der Waals surface area contributed by atoms with Gasteiger partial charge in [-0.1, -0.05) is 48.5 Å². The maximum atomic E-state index is 13.6. The Hall–Kier alpha value is -5.75. The molecule has 0 radical (unpaired) electrons. The number of halogens is 3. The monoisotopic (exact) mass is 715 g/mol. The summed E-state index contributed by atoms with van der Waals surface area (Å²) in [4.78, 5) is 19.0. The summed E-state index contributed by atoms with van der Waals surface area (Å²) in [6, 6.07) is 22.1. The first-order valence-corrected chi connectivity index (χ1v) is 17.6. The molecule has 3 aromatic heterocycles. The molecule has 0 amide bonds. The molecule has 4 heterocycles. The standard InChI is InChI=1S/C24H21F3N4O4S.C12H11N3/c1-14-10-22(31(29-14)20-12-28-18-8-4-2-6-16(18)20)30-13-15(11-19(30)23(32)33)36(34,35)21-9-5-3-7-17(21)24(25,26)27;13-7-12(5-6-12)10-8-3-1-2-4-9(8)15-11(10)14/h2-10,12,15,19,28H,11,13H2,1H3,(H,32,33);1-4,15H,5-6,14H2/t15-,19+;/m1./s1. The number of carbonyl (C=O) groups is 1. The number of nitrogen functional groups attached to an aromatic ring is 1. The lowest BCUT2D eigenvalue weighted by Gasteiger charge is -2.24. The number of para-hydroxylation sites is 2. The molecule has 0 bridgehead atoms. The highest BCUT2D eigenvalue weighted by Gasteiger charge is 2.49. The fourth-order valence-electron chi connectivity index (χ4n) is 6.96. The molecule has 1 saturated heterocycles. The van der Waals surface area contributed by atoms with Gasteiger partial charge in [-0.05, 0) is 50.5 Å². The van der Waals surface area contributed by atoms with Crippen LogP contribution < -0.4 is 10.6 Å². The first kappa shape index (κ1) is 33.7. The number of alkyl halides is 3. The van der Waals surface area contributed by atoms with Crippen LogP contribution in [0.2, 0.25) is 0 Å². The van der Waals surface area contributed by atoms with Crippen LogP contribution in [0.25, 0.3) is 27.5 Å². The topological polar surface area (TPSA) is 174 Å². The van der Waals surface area contributed by atoms with Gasteiger partial charge in [0, 0.05) is 46.2 Å². The van der Waals surface area contributed by atoms with E-state index in [0.29, 0.717) is 29.1 Å². The van der Waals surface area contributed by atoms with Crippen molar-refractivity contribution < 1.29 is 31.5 Å². The summed E-state index contributed by atoms with van der Waals surface area (Å²) < 4.78 is 69.0. The van der Waals surface area contributed by atoms with E-state index in [2.05, 4.69) is 21.1 Å². The van der Waals surface area contributed by atoms with E-state index in [4.69, 9.17) is 5.73 Å². The van der Waals surface area contributed by atoms with Crippen molar-refractivity contribution in [2.45, 2.75) is 54.0 Å². The Bertz CT molecular complexity index is 2460. The van der Waals surface area contributed by atoms with Crippen molar-refractivity contribution in [2.75, 3.05) is 17.2 Å². The number of nitrogens with one attached hydrogen (secondary N) is 2. The van der Waals surface area contributed by atoms with E-state index < -0.39 is 43.7 Å². The van der Waals surface area contributed by atoms with Crippen LogP contribution in [0.5, 0.6) is 0 Å². The molecule has 1 aliphatic heterocycles. The van der Waals surface area contributed by atoms with Crippen molar-refractivity contribution in [3.63, 3.8) is 0 Å². The molecule has 0 spiro atoms. The van der Waals surface area contributed by atoms with E-state index in [1.54, 1.807) is 19.2 Å². The van der Waals surface area contributed by atoms with E-state index in [-0.39, 0.29) is 18.4 Å². The third-order valence-electron chi connectivity index (χ3n) is 9.57. The molecule has 1 saturated carbocycles. The molecule has 8 rings (SSSR count). The molecular formula is C36H32F3N7O4S. The van der Waals surface area contributed by atoms with E-state index in [1.807, 2.05) is 48.5 Å². The Morgan fingerprint density at radius 1 is 1.04 bits per heavy atom. The molecule has 51 heavy (non-hydrogen) atoms. The first-order chi connectivity index (χ1) is 24.2. The molecule has 1 aliphatic carbocycles. The number of aromatic amines is 2. The van der Waals surface area contributed by atoms with Gasteiger partial charge in [0.05, 0.1) is 38.6 Å². The highest BCUT2D eigenvalue weighted by molar-refractivity contribution is 7.92. The smallest absolute Gasteiger partial charge is 0.417 e. The van der Waals surface area contributed by atoms with Gasteiger partial charge in [-0.25, -0.2) is 17.9 Å². The van der Waals surface area contributed by atoms with Crippen molar-refractivity contribution in [2.24, 2.45) is 0 Å². The molecular weight excluding hydrogens is 684 g/mol. The van der Waals surface area contributed by atoms with Crippen LogP contribution in [0.15, 0.2) is 90.0 Å². The van der Waals surface area contributed by atoms with E-state index in [1.165, 1.54) is 15.6 Å². The fraction of sp³-hybridized carbons (Fsp3) is 0.250. The number of carboxylic acids is 1. The third kappa shape index (κ3) is 5.84. The zero-order valence-electron chi connectivity index (χ0n) is 27.1. The molecule has 15 heteroatoms. The lowest BCUT2D eigenvalue weighted by molar-refractivity contribution is -0.140. The predicted octanol–water partition coefficient (Wildman–Crippen LogP) is 6.49. The maximum absolute atomic E-state index is 13.6. The summed E-state index contributed by atoms with van der Waals surface area (Å²) in [5.41, 5.74) is 8.40. The van der Waals surface area contributed by atoms with Crippen LogP contribution in [0, 0.1) is 18.3 Å². The molecule has 2 atom stereocenters. The Morgan fingerprint density at radius 3 is 2.35 bits per heavy atom. The largest absolute Gasteiger partial charge is 0.480 e. The van der Waals surface area contributed by atoms with Gasteiger partial charge in [0.1, 0.15) is 17.7 Å². The van der Waals surface area contributed by atoms with Crippen LogP contribution in [0.4, 0.5) is 24.8 Å². The number of rotatable bonds is 6. The van der Waals surface area contributed by atoms with Crippen molar-refractivity contribution in [3.05, 3.63) is 102 Å². The highest BCUT2D eigenvalue weighted by atomic mass is 32.2. The van der Waals surface area contributed by atoms with Crippen LogP contribution in [0.3, 0.4) is 0 Å². The predicted molar refractivity (Wildman–Crippen MR) is 185 cm³/mol. The SMILES string of the molecule is Cc1cc(N2C[C@H](S(=O)(=O)c3ccccc3C(F)(F)F)C[C@H]2C(=O)O)n(-c2c[nH]c3ccccc23)n1.N#CC1(c2c(N)[nH]c3ccccc23)CC1. The van der Waals surface area contributed by atoms with Crippen LogP contribution >= 0.6 is 0 Å². The maximum Gasteiger partial charge on any atom is 0.417 e. The number of carboxylic acid groups (broad SMARTS) is 1. The lowest BCUT2D eigenvalue weighted by Crippen LogP contribution is -2.37. The van der Waals surface area contributed by atoms with Gasteiger partial charge in [-0.3, -0.25) is 0 Å². The number of anilines is 2. The van der Waals surface area contributed by atoms with Gasteiger partial charge in [0.25, 0.3) is 0 Å². The summed E-state index contributed by atoms with van der Waals surface area (Å²) in [5.74, 6) is -0.289. The second-order valence-electron chi connectivity index (χ2n) is 12.8. The highest BCUT2D eigenvalue weighted by Crippen LogP contribution is 2.52. The number of aliphatic carboxylic acids is 1. The zero-order valence-corrected chi connectivity index (χ0v) is 28.0. The van der Waals surface area contributed by atoms with E-state index in [9.17, 15) is 36.8 Å². The second-order valence-corrected chi connectivity index (χ2v) is 15.0. The summed E-state index contributed by atoms with van der Waals surface area (Å²) >= 11 is 0. The number of nitriles is 1. The summed E-state index contributed by atoms with van der Waals surface area (Å²) in [7, 11) is -4.52. The average Bonchev–Trinajstić information content (AvgIpc) is 3.44. The number of hydrogen-bond acceptors (Lipinski definition) is 7. The van der Waals surface area contributed by atoms with Gasteiger partial charge in [0.2, 0.25) is 0 Å². The lowest BCUT2D eigenvalue weighted by atomic mass is 9.96. The number of hydrogen-bond donors (Lipinski definition) is 4. The molecule has 0 unspecified atom stereocenters. The minimum Gasteiger partial charge on any atom is -0.480 e. The summed E-state index contributed by atoms with van der Waals surface area (Å²) in [5, 5.41) is 24.2. The number of nitrogens with two attached hydrogens (primary N) is 1. The van der Waals surface area contributed by atoms with E-state index in [0.717, 1.165) is 52.3 Å². The first-order valence-electron chi connectivity index (χ1n) is 16.1. The third-order valence-corrected chi connectivity index (χ3v) is 11.8. The molecule has 6 aromatic rings. The molecule has 3 aromatic carbocycles. The number of aryl methyl sites for hydroxylation is 1. The number of H-pyrrole nitrogens is 2. The average molecular weight is 716 g/mol. The van der Waals surface area contributed by atoms with Gasteiger partial charge in [0.15, 0.2) is 9.84 Å². The summed E-state index contributed by atoms with van der Waals surface area (Å²) in [6.45, 7) is 1.41. The van der Waals surface area contributed by atoms with Crippen molar-refractivity contribution in [1.29, 1.82) is 5.26 Å². The molecule has 5 N–H and O–H groups in total. The van der Waals surface area contributed by atoms with Crippen molar-refractivity contribution in [1.82, 2.24) is 19.7 Å². The van der Waals surface area contributed by atoms with Gasteiger partial charge in [-0.15, -0.1) is 0 Å². The van der Waals surface area contributed by atoms with Crippen molar-refractivity contribution in [3.8, 4) is 11.8 Å². The number of benzene rings is 3. The normalized spacial score (nSPS) is 18.4. The zero-order chi connectivity index (χ0) is 36.3. The second kappa shape index (κ2) is 12.2. The molecule has 262 valence electrons. The number of aromatic nitrogens is 4. The number of sulfone groups is 1. The number of fused-ring (bicyclic) bond motifs is 2. The minimum atomic E-state index is -4.88. The number of nitrogens with zero attached hydrogens (tertiary/aromatic N) is 4. The summed E-state index contributed by atoms with van der Waals surface area (Å²) in [6.07, 6.45) is -1.69. The Morgan fingerprint density at radius 2 is 1.69 bits per heavy atom. The Labute approximate surface area is 290 Å². The van der Waals surface area contributed by atoms with Crippen LogP contribution in [-0.4, -0.2) is 57.1 Å². The van der Waals surface area contributed by atoms with E-state index >= 15 is 0 Å². The van der Waals surface area contributed by atoms with Gasteiger partial charge < -0.3 is 25.7 Å².